The number of nitrogens with zero attached hydrogens (tertiary/aromatic N) is 4. The van der Waals surface area contributed by atoms with Gasteiger partial charge in [0.15, 0.2) is 5.69 Å². The van der Waals surface area contributed by atoms with Crippen LogP contribution in [0.5, 0.6) is 5.75 Å². The Hall–Kier alpha value is -2.93. The molecule has 0 saturated carbocycles. The molecule has 2 heterocycles. The third kappa shape index (κ3) is 3.61. The van der Waals surface area contributed by atoms with Gasteiger partial charge < -0.3 is 10.1 Å². The van der Waals surface area contributed by atoms with Crippen LogP contribution in [-0.2, 0) is 6.54 Å². The normalized spacial score (nSPS) is 10.5. The average Bonchev–Trinajstić information content (AvgIpc) is 3.02. The quantitative estimate of drug-likeness (QED) is 0.758. The third-order valence-electron chi connectivity index (χ3n) is 3.68. The van der Waals surface area contributed by atoms with Gasteiger partial charge >= 0.3 is 0 Å². The van der Waals surface area contributed by atoms with E-state index in [4.69, 9.17) is 16.3 Å². The lowest BCUT2D eigenvalue weighted by Crippen LogP contribution is -2.24. The summed E-state index contributed by atoms with van der Waals surface area (Å²) in [5.74, 6) is 0.280. The van der Waals surface area contributed by atoms with Crippen molar-refractivity contribution in [2.75, 3.05) is 7.11 Å². The van der Waals surface area contributed by atoms with Crippen LogP contribution in [0.15, 0.2) is 42.7 Å². The second-order valence-electron chi connectivity index (χ2n) is 5.29. The fourth-order valence-electron chi connectivity index (χ4n) is 2.36. The van der Waals surface area contributed by atoms with Gasteiger partial charge in [0.25, 0.3) is 5.91 Å². The molecule has 25 heavy (non-hydrogen) atoms. The van der Waals surface area contributed by atoms with Crippen molar-refractivity contribution in [2.45, 2.75) is 13.5 Å². The highest BCUT2D eigenvalue weighted by molar-refractivity contribution is 6.30. The van der Waals surface area contributed by atoms with Crippen LogP contribution in [-0.4, -0.2) is 33.0 Å². The molecule has 0 bridgehead atoms. The first kappa shape index (κ1) is 16.9. The fourth-order valence-corrected chi connectivity index (χ4v) is 2.53. The second kappa shape index (κ2) is 7.31. The van der Waals surface area contributed by atoms with Crippen molar-refractivity contribution in [1.29, 1.82) is 0 Å². The minimum absolute atomic E-state index is 0.246. The van der Waals surface area contributed by atoms with Crippen molar-refractivity contribution in [1.82, 2.24) is 25.3 Å². The lowest BCUT2D eigenvalue weighted by molar-refractivity contribution is 0.0945. The minimum Gasteiger partial charge on any atom is -0.494 e. The highest BCUT2D eigenvalue weighted by atomic mass is 35.5. The number of halogens is 1. The molecule has 0 aliphatic rings. The van der Waals surface area contributed by atoms with Crippen molar-refractivity contribution in [3.63, 3.8) is 0 Å². The molecule has 1 aromatic carbocycles. The first-order valence-corrected chi connectivity index (χ1v) is 7.91. The molecule has 0 atom stereocenters. The lowest BCUT2D eigenvalue weighted by Gasteiger charge is -2.10. The Morgan fingerprint density at radius 1 is 1.28 bits per heavy atom. The predicted molar refractivity (Wildman–Crippen MR) is 93.1 cm³/mol. The summed E-state index contributed by atoms with van der Waals surface area (Å²) in [6.45, 7) is 2.15. The number of amides is 1. The summed E-state index contributed by atoms with van der Waals surface area (Å²) in [6, 6.07) is 8.84. The third-order valence-corrected chi connectivity index (χ3v) is 3.92. The number of aromatic nitrogens is 4. The molecule has 0 unspecified atom stereocenters. The predicted octanol–water partition coefficient (Wildman–Crippen LogP) is 2.56. The summed E-state index contributed by atoms with van der Waals surface area (Å²) >= 11 is 6.06. The molecule has 1 N–H and O–H groups in total. The van der Waals surface area contributed by atoms with E-state index >= 15 is 0 Å². The van der Waals surface area contributed by atoms with E-state index in [2.05, 4.69) is 20.6 Å². The minimum atomic E-state index is -0.304. The Morgan fingerprint density at radius 3 is 2.76 bits per heavy atom. The maximum Gasteiger partial charge on any atom is 0.274 e. The molecular weight excluding hydrogens is 342 g/mol. The molecule has 0 radical (unpaired) electrons. The van der Waals surface area contributed by atoms with Crippen LogP contribution >= 0.6 is 11.6 Å². The van der Waals surface area contributed by atoms with Gasteiger partial charge in [-0.2, -0.15) is 0 Å². The van der Waals surface area contributed by atoms with Crippen LogP contribution in [0.2, 0.25) is 5.02 Å². The zero-order chi connectivity index (χ0) is 17.8. The van der Waals surface area contributed by atoms with Crippen LogP contribution in [0.25, 0.3) is 5.69 Å². The Bertz CT molecular complexity index is 895. The number of nitrogens with one attached hydrogen (secondary N) is 1. The van der Waals surface area contributed by atoms with Crippen LogP contribution < -0.4 is 10.1 Å². The van der Waals surface area contributed by atoms with E-state index in [0.29, 0.717) is 28.7 Å². The molecule has 0 aliphatic carbocycles. The fraction of sp³-hybridized carbons (Fsp3) is 0.176. The molecule has 3 rings (SSSR count). The SMILES string of the molecule is COc1ccc(Cl)cc1-n1nnc(C(=O)NCc2ccncc2)c1C. The number of carbonyl (C=O) groups is 1. The zero-order valence-electron chi connectivity index (χ0n) is 13.7. The molecule has 0 saturated heterocycles. The van der Waals surface area contributed by atoms with Gasteiger partial charge in [-0.1, -0.05) is 16.8 Å². The largest absolute Gasteiger partial charge is 0.494 e. The van der Waals surface area contributed by atoms with E-state index in [1.165, 1.54) is 4.68 Å². The number of hydrogen-bond acceptors (Lipinski definition) is 5. The van der Waals surface area contributed by atoms with Gasteiger partial charge in [-0.3, -0.25) is 9.78 Å². The Balaban J connectivity index is 1.84. The highest BCUT2D eigenvalue weighted by Gasteiger charge is 2.19. The van der Waals surface area contributed by atoms with E-state index in [1.807, 2.05) is 12.1 Å². The maximum atomic E-state index is 12.4. The summed E-state index contributed by atoms with van der Waals surface area (Å²) in [7, 11) is 1.56. The number of ether oxygens (including phenoxy) is 1. The Morgan fingerprint density at radius 2 is 2.04 bits per heavy atom. The average molecular weight is 358 g/mol. The number of methoxy groups -OCH3 is 1. The van der Waals surface area contributed by atoms with Gasteiger partial charge in [-0.15, -0.1) is 5.10 Å². The highest BCUT2D eigenvalue weighted by Crippen LogP contribution is 2.27. The first-order valence-electron chi connectivity index (χ1n) is 7.53. The van der Waals surface area contributed by atoms with E-state index in [0.717, 1.165) is 5.56 Å². The maximum absolute atomic E-state index is 12.4. The molecular formula is C17H16ClN5O2. The van der Waals surface area contributed by atoms with E-state index in [9.17, 15) is 4.79 Å². The molecule has 0 aliphatic heterocycles. The molecule has 128 valence electrons. The van der Waals surface area contributed by atoms with E-state index in [1.54, 1.807) is 44.6 Å². The molecule has 0 fully saturated rings. The summed E-state index contributed by atoms with van der Waals surface area (Å²) in [6.07, 6.45) is 3.35. The van der Waals surface area contributed by atoms with Gasteiger partial charge in [-0.25, -0.2) is 4.68 Å². The van der Waals surface area contributed by atoms with Gasteiger partial charge in [-0.05, 0) is 42.8 Å². The first-order chi connectivity index (χ1) is 12.1. The number of carbonyl (C=O) groups excluding carboxylic acids is 1. The molecule has 1 amide bonds. The van der Waals surface area contributed by atoms with E-state index < -0.39 is 0 Å². The van der Waals surface area contributed by atoms with Crippen LogP contribution in [0.1, 0.15) is 21.7 Å². The standard InChI is InChI=1S/C17H16ClN5O2/c1-11-16(17(24)20-10-12-5-7-19-8-6-12)21-22-23(11)14-9-13(18)3-4-15(14)25-2/h3-9H,10H2,1-2H3,(H,20,24). The molecule has 3 aromatic rings. The summed E-state index contributed by atoms with van der Waals surface area (Å²) in [5.41, 5.74) is 2.40. The van der Waals surface area contributed by atoms with Crippen molar-refractivity contribution < 1.29 is 9.53 Å². The van der Waals surface area contributed by atoms with Crippen LogP contribution in [0.3, 0.4) is 0 Å². The number of rotatable bonds is 5. The molecule has 7 nitrogen and oxygen atoms in total. The van der Waals surface area contributed by atoms with E-state index in [-0.39, 0.29) is 11.6 Å². The van der Waals surface area contributed by atoms with Gasteiger partial charge in [0, 0.05) is 24.0 Å². The topological polar surface area (TPSA) is 81.9 Å². The monoisotopic (exact) mass is 357 g/mol. The van der Waals surface area contributed by atoms with Crippen molar-refractivity contribution >= 4 is 17.5 Å². The summed E-state index contributed by atoms with van der Waals surface area (Å²) in [5, 5.41) is 11.4. The number of hydrogen-bond donors (Lipinski definition) is 1. The van der Waals surface area contributed by atoms with Crippen LogP contribution in [0.4, 0.5) is 0 Å². The summed E-state index contributed by atoms with van der Waals surface area (Å²) in [4.78, 5) is 16.3. The molecule has 0 spiro atoms. The Labute approximate surface area is 149 Å². The summed E-state index contributed by atoms with van der Waals surface area (Å²) < 4.78 is 6.86. The van der Waals surface area contributed by atoms with Crippen molar-refractivity contribution in [3.8, 4) is 11.4 Å². The van der Waals surface area contributed by atoms with Gasteiger partial charge in [0.05, 0.1) is 12.8 Å². The molecule has 8 heteroatoms. The smallest absolute Gasteiger partial charge is 0.274 e. The van der Waals surface area contributed by atoms with Gasteiger partial charge in [0.2, 0.25) is 0 Å². The van der Waals surface area contributed by atoms with Crippen molar-refractivity contribution in [3.05, 3.63) is 64.7 Å². The number of benzene rings is 1. The van der Waals surface area contributed by atoms with Crippen molar-refractivity contribution in [2.24, 2.45) is 0 Å². The second-order valence-corrected chi connectivity index (χ2v) is 5.73. The molecule has 2 aromatic heterocycles. The van der Waals surface area contributed by atoms with Crippen LogP contribution in [0, 0.1) is 6.92 Å². The van der Waals surface area contributed by atoms with Gasteiger partial charge in [0.1, 0.15) is 11.4 Å². The lowest BCUT2D eigenvalue weighted by atomic mass is 10.2. The number of pyridine rings is 1. The Kier molecular flexibility index (Phi) is 4.95. The zero-order valence-corrected chi connectivity index (χ0v) is 14.5.